The van der Waals surface area contributed by atoms with Crippen LogP contribution < -0.4 is 5.32 Å². The van der Waals surface area contributed by atoms with Gasteiger partial charge in [0, 0.05) is 47.6 Å². The fourth-order valence-corrected chi connectivity index (χ4v) is 21.6. The Labute approximate surface area is 524 Å². The van der Waals surface area contributed by atoms with E-state index in [-0.39, 0.29) is 88.2 Å². The van der Waals surface area contributed by atoms with Gasteiger partial charge in [0.05, 0.1) is 46.2 Å². The van der Waals surface area contributed by atoms with E-state index in [9.17, 15) is 49.2 Å². The molecule has 5 N–H and O–H groups in total. The first-order valence-electron chi connectivity index (χ1n) is 31.7. The predicted octanol–water partition coefficient (Wildman–Crippen LogP) is 9.33. The number of rotatable bonds is 6. The normalized spacial score (nSPS) is 42.7. The lowest BCUT2D eigenvalue weighted by molar-refractivity contribution is -0.455. The van der Waals surface area contributed by atoms with E-state index in [1.54, 1.807) is 53.4 Å². The summed E-state index contributed by atoms with van der Waals surface area (Å²) in [5.74, 6) is -7.85. The molecule has 4 spiro atoms. The molecule has 472 valence electrons. The van der Waals surface area contributed by atoms with Gasteiger partial charge >= 0.3 is 11.9 Å². The molecule has 14 fully saturated rings. The van der Waals surface area contributed by atoms with Crippen molar-refractivity contribution in [2.75, 3.05) is 39.4 Å². The van der Waals surface area contributed by atoms with Gasteiger partial charge in [-0.05, 0) is 172 Å². The number of aliphatic hydroxyl groups is 4. The zero-order chi connectivity index (χ0) is 62.5. The Morgan fingerprint density at radius 2 is 1.01 bits per heavy atom. The van der Waals surface area contributed by atoms with Crippen molar-refractivity contribution in [2.45, 2.75) is 155 Å². The molecule has 8 aliphatic carbocycles. The zero-order valence-corrected chi connectivity index (χ0v) is 53.1. The number of halogens is 3. The van der Waals surface area contributed by atoms with Gasteiger partial charge in [-0.15, -0.1) is 0 Å². The van der Waals surface area contributed by atoms with E-state index >= 15 is 0 Å². The Hall–Kier alpha value is -4.07. The molecule has 6 heterocycles. The van der Waals surface area contributed by atoms with Crippen LogP contribution in [-0.4, -0.2) is 135 Å². The average molecular weight is 1260 g/mol. The lowest BCUT2D eigenvalue weighted by Gasteiger charge is -2.75. The zero-order valence-electron chi connectivity index (χ0n) is 50.8. The van der Waals surface area contributed by atoms with Crippen LogP contribution in [0.5, 0.6) is 0 Å². The van der Waals surface area contributed by atoms with E-state index in [1.807, 2.05) is 0 Å². The van der Waals surface area contributed by atoms with Crippen LogP contribution in [-0.2, 0) is 38.1 Å². The lowest BCUT2D eigenvalue weighted by atomic mass is 9.34. The third-order valence-corrected chi connectivity index (χ3v) is 25.9. The third kappa shape index (κ3) is 8.65. The van der Waals surface area contributed by atoms with Crippen molar-refractivity contribution in [2.24, 2.45) is 91.7 Å². The van der Waals surface area contributed by atoms with Crippen molar-refractivity contribution in [1.29, 1.82) is 0 Å². The molecule has 2 aromatic rings. The van der Waals surface area contributed by atoms with E-state index in [4.69, 9.17) is 53.8 Å². The van der Waals surface area contributed by atoms with Gasteiger partial charge < -0.3 is 49.6 Å². The van der Waals surface area contributed by atoms with E-state index in [0.29, 0.717) is 97.0 Å². The van der Waals surface area contributed by atoms with E-state index in [2.05, 4.69) is 60.0 Å². The second-order valence-electron chi connectivity index (χ2n) is 29.4. The Kier molecular flexibility index (Phi) is 16.0. The number of esters is 2. The largest absolute Gasteiger partial charge is 0.460 e. The van der Waals surface area contributed by atoms with Crippen LogP contribution in [0.3, 0.4) is 0 Å². The standard InChI is InChI=1S/C34H42ClNO7.C27H39NO6.C7H4Cl2O/c1-18-11-14-31(3,4)25-27(38)34(41)33-24(32(18,25)17-42-34)10-9-21(19(2)26(33)37)28(33)43-30(40)20-12-15-36(16-13-20)29(39)22-7-5-6-8-23(22)35;1-14-7-10-24(3,4)19-21(30)27(32)26-18(25(14,19)13-33-27)6-5-17(15(2)20(26)29)22(26)34-23(31)16-8-11-28-12-9-16;8-6-4-2-1-3-5(6)7(9)10/h5-8,18,20-21,24-25,27-28,38,41H,2,9-17H2,1,3-4H3;14,16-19,21-22,28,30,32H,2,5-13H2,1,3-4H3;1-4H/t18-,21-,24-,25+,27-,28+,32-,33-,34-;14-,17-,18-,19+,21-,22+,25-,26-,27-;/m00./s1. The molecule has 16 rings (SSSR count). The molecule has 0 unspecified atom stereocenters. The number of ether oxygens (including phenoxy) is 4. The molecule has 19 heteroatoms. The molecular formula is C68H85Cl3N2O14. The van der Waals surface area contributed by atoms with Crippen molar-refractivity contribution < 1.29 is 68.1 Å². The van der Waals surface area contributed by atoms with Crippen LogP contribution in [0.15, 0.2) is 72.8 Å². The SMILES string of the molecule is C=C1C(=O)[C@]23[C@H](OC(=O)C4CCN(C(=O)c5ccccc5Cl)CC4)[C@H]1CC[C@H]2[C@@]12CO[C@@]3(O)[C@@H](O)[C@@H]1C(C)(C)CC[C@@H]2C.C=C1C(=O)[C@]23[C@H](OC(=O)C4CCNCC4)[C@H]1CC[C@H]2[C@@]12CO[C@@]3(O)[C@@H](O)[C@@H]1C(C)(C)CC[C@@H]2C.O=C(Cl)c1ccccc1Cl. The number of hydrogen-bond donors (Lipinski definition) is 5. The Balaban J connectivity index is 0.000000149. The number of benzene rings is 2. The number of fused-ring (bicyclic) bond motifs is 4. The maximum atomic E-state index is 14.4. The number of Topliss-reactive ketones (excluding diaryl/α,β-unsaturated/α-hetero) is 2. The number of hydrogen-bond acceptors (Lipinski definition) is 15. The molecule has 14 aliphatic rings. The molecule has 18 atom stereocenters. The Morgan fingerprint density at radius 3 is 1.41 bits per heavy atom. The maximum Gasteiger partial charge on any atom is 0.309 e. The number of likely N-dealkylation sites (tertiary alicyclic amines) is 1. The summed E-state index contributed by atoms with van der Waals surface area (Å²) in [4.78, 5) is 81.0. The number of aliphatic hydroxyl groups excluding tert-OH is 2. The summed E-state index contributed by atoms with van der Waals surface area (Å²) in [6.07, 6.45) is 4.41. The van der Waals surface area contributed by atoms with Crippen molar-refractivity contribution in [1.82, 2.24) is 10.2 Å². The molecule has 2 aromatic carbocycles. The van der Waals surface area contributed by atoms with Crippen molar-refractivity contribution in [3.8, 4) is 0 Å². The molecule has 6 aliphatic heterocycles. The summed E-state index contributed by atoms with van der Waals surface area (Å²) in [7, 11) is 0. The minimum atomic E-state index is -2.18. The number of carbonyl (C=O) groups is 6. The Bertz CT molecular complexity index is 3190. The number of carbonyl (C=O) groups excluding carboxylic acids is 6. The minimum absolute atomic E-state index is 0.154. The summed E-state index contributed by atoms with van der Waals surface area (Å²) in [6, 6.07) is 13.6. The molecule has 6 saturated heterocycles. The van der Waals surface area contributed by atoms with Gasteiger partial charge in [0.25, 0.3) is 11.1 Å². The molecule has 0 radical (unpaired) electrons. The van der Waals surface area contributed by atoms with E-state index in [1.165, 1.54) is 0 Å². The summed E-state index contributed by atoms with van der Waals surface area (Å²) >= 11 is 17.0. The molecular weight excluding hydrogens is 1180 g/mol. The van der Waals surface area contributed by atoms with Crippen LogP contribution in [0, 0.1) is 91.7 Å². The second-order valence-corrected chi connectivity index (χ2v) is 30.5. The topological polar surface area (TPSA) is 236 Å². The molecule has 0 aromatic heterocycles. The highest BCUT2D eigenvalue weighted by Crippen LogP contribution is 2.80. The fraction of sp³-hybridized carbons (Fsp3) is 0.676. The van der Waals surface area contributed by atoms with Crippen molar-refractivity contribution in [3.05, 3.63) is 94.0 Å². The molecule has 1 amide bonds. The van der Waals surface area contributed by atoms with Crippen molar-refractivity contribution >= 4 is 69.5 Å². The van der Waals surface area contributed by atoms with Gasteiger partial charge in [-0.3, -0.25) is 28.8 Å². The average Bonchev–Trinajstić information content (AvgIpc) is 1.64. The van der Waals surface area contributed by atoms with E-state index in [0.717, 1.165) is 45.2 Å². The van der Waals surface area contributed by atoms with E-state index < -0.39 is 80.7 Å². The molecule has 8 bridgehead atoms. The number of amides is 1. The first-order valence-corrected chi connectivity index (χ1v) is 32.9. The highest BCUT2D eigenvalue weighted by Gasteiger charge is 2.89. The van der Waals surface area contributed by atoms with Gasteiger partial charge in [0.2, 0.25) is 11.6 Å². The van der Waals surface area contributed by atoms with Gasteiger partial charge in [0.15, 0.2) is 11.6 Å². The number of nitrogens with one attached hydrogen (secondary N) is 1. The monoisotopic (exact) mass is 1260 g/mol. The van der Waals surface area contributed by atoms with Crippen LogP contribution in [0.4, 0.5) is 0 Å². The minimum Gasteiger partial charge on any atom is -0.460 e. The smallest absolute Gasteiger partial charge is 0.309 e. The lowest BCUT2D eigenvalue weighted by Crippen LogP contribution is -2.85. The first kappa shape index (κ1) is 63.1. The summed E-state index contributed by atoms with van der Waals surface area (Å²) in [6.45, 7) is 24.1. The quantitative estimate of drug-likeness (QED) is 0.103. The van der Waals surface area contributed by atoms with Crippen LogP contribution in [0.2, 0.25) is 10.0 Å². The van der Waals surface area contributed by atoms with Gasteiger partial charge in [-0.2, -0.15) is 0 Å². The summed E-state index contributed by atoms with van der Waals surface area (Å²) in [5.41, 5.74) is -3.00. The first-order chi connectivity index (χ1) is 41.1. The fourth-order valence-electron chi connectivity index (χ4n) is 21.0. The molecule has 8 saturated carbocycles. The summed E-state index contributed by atoms with van der Waals surface area (Å²) < 4.78 is 25.1. The van der Waals surface area contributed by atoms with Gasteiger partial charge in [-0.1, -0.05) is 102 Å². The van der Waals surface area contributed by atoms with Crippen LogP contribution in [0.1, 0.15) is 139 Å². The Morgan fingerprint density at radius 1 is 0.609 bits per heavy atom. The van der Waals surface area contributed by atoms with Crippen LogP contribution >= 0.6 is 34.8 Å². The second kappa shape index (κ2) is 22.1. The highest BCUT2D eigenvalue weighted by atomic mass is 35.5. The van der Waals surface area contributed by atoms with Crippen LogP contribution in [0.25, 0.3) is 0 Å². The number of piperidine rings is 2. The predicted molar refractivity (Wildman–Crippen MR) is 323 cm³/mol. The summed E-state index contributed by atoms with van der Waals surface area (Å²) in [5, 5.41) is 52.1. The maximum absolute atomic E-state index is 14.4. The number of ketones is 2. The molecule has 16 nitrogen and oxygen atoms in total. The molecule has 87 heavy (non-hydrogen) atoms. The third-order valence-electron chi connectivity index (χ3n) is 25.1. The van der Waals surface area contributed by atoms with Gasteiger partial charge in [-0.25, -0.2) is 0 Å². The van der Waals surface area contributed by atoms with Gasteiger partial charge in [0.1, 0.15) is 35.2 Å². The number of nitrogens with zero attached hydrogens (tertiary/aromatic N) is 1. The van der Waals surface area contributed by atoms with Crippen molar-refractivity contribution in [3.63, 3.8) is 0 Å². The highest BCUT2D eigenvalue weighted by molar-refractivity contribution is 6.68.